The third kappa shape index (κ3) is 5.76. The largest absolute Gasteiger partial charge is 0.469 e. The Kier molecular flexibility index (Phi) is 6.91. The lowest BCUT2D eigenvalue weighted by molar-refractivity contribution is -0.140. The van der Waals surface area contributed by atoms with E-state index in [9.17, 15) is 13.2 Å². The van der Waals surface area contributed by atoms with Crippen LogP contribution in [-0.4, -0.2) is 69.2 Å². The van der Waals surface area contributed by atoms with Gasteiger partial charge in [0.1, 0.15) is 0 Å². The van der Waals surface area contributed by atoms with Gasteiger partial charge in [0.25, 0.3) is 0 Å². The van der Waals surface area contributed by atoms with Crippen LogP contribution < -0.4 is 0 Å². The minimum absolute atomic E-state index is 0.0201. The summed E-state index contributed by atoms with van der Waals surface area (Å²) in [5.41, 5.74) is 0. The van der Waals surface area contributed by atoms with Gasteiger partial charge >= 0.3 is 5.97 Å². The van der Waals surface area contributed by atoms with Crippen molar-refractivity contribution in [3.63, 3.8) is 0 Å². The average Bonchev–Trinajstić information content (AvgIpc) is 2.38. The first kappa shape index (κ1) is 17.4. The van der Waals surface area contributed by atoms with Crippen LogP contribution in [0, 0.1) is 5.92 Å². The molecular formula is C13H26N2O4S. The fourth-order valence-electron chi connectivity index (χ4n) is 2.34. The highest BCUT2D eigenvalue weighted by molar-refractivity contribution is 7.89. The maximum absolute atomic E-state index is 12.1. The highest BCUT2D eigenvalue weighted by atomic mass is 32.2. The second-order valence-electron chi connectivity index (χ2n) is 5.59. The molecule has 0 aromatic rings. The number of ether oxygens (including phenoxy) is 1. The normalized spacial score (nSPS) is 18.4. The maximum atomic E-state index is 12.1. The lowest BCUT2D eigenvalue weighted by Gasteiger charge is -2.34. The van der Waals surface area contributed by atoms with Crippen LogP contribution in [-0.2, 0) is 19.6 Å². The van der Waals surface area contributed by atoms with Crippen LogP contribution in [0.2, 0.25) is 0 Å². The molecule has 0 unspecified atom stereocenters. The Labute approximate surface area is 122 Å². The smallest absolute Gasteiger partial charge is 0.305 e. The molecule has 118 valence electrons. The van der Waals surface area contributed by atoms with Gasteiger partial charge in [-0.1, -0.05) is 13.8 Å². The molecule has 0 spiro atoms. The van der Waals surface area contributed by atoms with Gasteiger partial charge in [-0.05, 0) is 12.3 Å². The van der Waals surface area contributed by atoms with Crippen molar-refractivity contribution in [3.8, 4) is 0 Å². The van der Waals surface area contributed by atoms with Crippen LogP contribution in [0.15, 0.2) is 0 Å². The Morgan fingerprint density at radius 3 is 2.30 bits per heavy atom. The number of methoxy groups -OCH3 is 1. The molecule has 0 aromatic carbocycles. The van der Waals surface area contributed by atoms with Crippen molar-refractivity contribution in [3.05, 3.63) is 0 Å². The number of hydrogen-bond acceptors (Lipinski definition) is 5. The van der Waals surface area contributed by atoms with Crippen LogP contribution in [0.4, 0.5) is 0 Å². The SMILES string of the molecule is COC(=O)CCCS(=O)(=O)N1CCN(CC(C)C)CC1. The molecule has 0 aromatic heterocycles. The third-order valence-corrected chi connectivity index (χ3v) is 5.32. The Morgan fingerprint density at radius 2 is 1.80 bits per heavy atom. The van der Waals surface area contributed by atoms with Gasteiger partial charge < -0.3 is 9.64 Å². The zero-order chi connectivity index (χ0) is 15.2. The van der Waals surface area contributed by atoms with Gasteiger partial charge in [-0.15, -0.1) is 0 Å². The van der Waals surface area contributed by atoms with E-state index in [2.05, 4.69) is 23.5 Å². The van der Waals surface area contributed by atoms with Crippen LogP contribution >= 0.6 is 0 Å². The molecule has 1 saturated heterocycles. The fraction of sp³-hybridized carbons (Fsp3) is 0.923. The molecule has 1 aliphatic rings. The van der Waals surface area contributed by atoms with E-state index in [1.54, 1.807) is 4.31 Å². The highest BCUT2D eigenvalue weighted by Gasteiger charge is 2.26. The number of rotatable bonds is 7. The number of sulfonamides is 1. The molecular weight excluding hydrogens is 280 g/mol. The molecule has 1 heterocycles. The van der Waals surface area contributed by atoms with E-state index in [4.69, 9.17) is 0 Å². The van der Waals surface area contributed by atoms with Gasteiger partial charge in [-0.3, -0.25) is 4.79 Å². The minimum Gasteiger partial charge on any atom is -0.469 e. The van der Waals surface area contributed by atoms with Crippen molar-refractivity contribution in [1.29, 1.82) is 0 Å². The summed E-state index contributed by atoms with van der Waals surface area (Å²) >= 11 is 0. The van der Waals surface area contributed by atoms with Crippen molar-refractivity contribution >= 4 is 16.0 Å². The Balaban J connectivity index is 2.37. The van der Waals surface area contributed by atoms with E-state index < -0.39 is 10.0 Å². The summed E-state index contributed by atoms with van der Waals surface area (Å²) < 4.78 is 30.3. The summed E-state index contributed by atoms with van der Waals surface area (Å²) in [4.78, 5) is 13.3. The van der Waals surface area contributed by atoms with E-state index in [1.165, 1.54) is 7.11 Å². The summed E-state index contributed by atoms with van der Waals surface area (Å²) in [5.74, 6) is 0.256. The van der Waals surface area contributed by atoms with Gasteiger partial charge in [-0.25, -0.2) is 8.42 Å². The standard InChI is InChI=1S/C13H26N2O4S/c1-12(2)11-14-6-8-15(9-7-14)20(17,18)10-4-5-13(16)19-3/h12H,4-11H2,1-3H3. The first-order valence-corrected chi connectivity index (χ1v) is 8.73. The highest BCUT2D eigenvalue weighted by Crippen LogP contribution is 2.11. The fourth-order valence-corrected chi connectivity index (χ4v) is 3.82. The molecule has 0 saturated carbocycles. The van der Waals surface area contributed by atoms with Crippen molar-refractivity contribution in [1.82, 2.24) is 9.21 Å². The first-order valence-electron chi connectivity index (χ1n) is 7.12. The zero-order valence-corrected chi connectivity index (χ0v) is 13.5. The Bertz CT molecular complexity index is 401. The summed E-state index contributed by atoms with van der Waals surface area (Å²) in [7, 11) is -1.93. The van der Waals surface area contributed by atoms with Gasteiger partial charge in [0.2, 0.25) is 10.0 Å². The van der Waals surface area contributed by atoms with Gasteiger partial charge in [0.05, 0.1) is 12.9 Å². The quantitative estimate of drug-likeness (QED) is 0.642. The molecule has 0 bridgehead atoms. The molecule has 7 heteroatoms. The molecule has 1 rings (SSSR count). The van der Waals surface area contributed by atoms with Gasteiger partial charge in [-0.2, -0.15) is 4.31 Å². The number of nitrogens with zero attached hydrogens (tertiary/aromatic N) is 2. The topological polar surface area (TPSA) is 66.9 Å². The third-order valence-electron chi connectivity index (χ3n) is 3.36. The predicted molar refractivity (Wildman–Crippen MR) is 77.9 cm³/mol. The van der Waals surface area contributed by atoms with Crippen LogP contribution in [0.25, 0.3) is 0 Å². The first-order chi connectivity index (χ1) is 9.35. The van der Waals surface area contributed by atoms with E-state index in [0.29, 0.717) is 25.4 Å². The molecule has 20 heavy (non-hydrogen) atoms. The van der Waals surface area contributed by atoms with Crippen molar-refractivity contribution in [2.24, 2.45) is 5.92 Å². The molecule has 0 aliphatic carbocycles. The molecule has 6 nitrogen and oxygen atoms in total. The molecule has 0 amide bonds. The summed E-state index contributed by atoms with van der Waals surface area (Å²) in [6, 6.07) is 0. The van der Waals surface area contributed by atoms with Crippen molar-refractivity contribution in [2.45, 2.75) is 26.7 Å². The lowest BCUT2D eigenvalue weighted by atomic mass is 10.2. The number of piperazine rings is 1. The maximum Gasteiger partial charge on any atom is 0.305 e. The second-order valence-corrected chi connectivity index (χ2v) is 7.68. The van der Waals surface area contributed by atoms with Crippen molar-refractivity contribution < 1.29 is 17.9 Å². The van der Waals surface area contributed by atoms with E-state index in [-0.39, 0.29) is 18.1 Å². The predicted octanol–water partition coefficient (Wildman–Crippen LogP) is 0.543. The van der Waals surface area contributed by atoms with Crippen molar-refractivity contribution in [2.75, 3.05) is 45.6 Å². The molecule has 1 fully saturated rings. The summed E-state index contributed by atoms with van der Waals surface area (Å²) in [5, 5.41) is 0. The number of esters is 1. The van der Waals surface area contributed by atoms with Crippen LogP contribution in [0.3, 0.4) is 0 Å². The number of carbonyl (C=O) groups excluding carboxylic acids is 1. The molecule has 1 aliphatic heterocycles. The Morgan fingerprint density at radius 1 is 1.20 bits per heavy atom. The number of hydrogen-bond donors (Lipinski definition) is 0. The van der Waals surface area contributed by atoms with Gasteiger partial charge in [0, 0.05) is 39.1 Å². The van der Waals surface area contributed by atoms with E-state index in [0.717, 1.165) is 19.6 Å². The van der Waals surface area contributed by atoms with Gasteiger partial charge in [0.15, 0.2) is 0 Å². The monoisotopic (exact) mass is 306 g/mol. The van der Waals surface area contributed by atoms with E-state index >= 15 is 0 Å². The van der Waals surface area contributed by atoms with E-state index in [1.807, 2.05) is 0 Å². The summed E-state index contributed by atoms with van der Waals surface area (Å²) in [6.45, 7) is 8.01. The summed E-state index contributed by atoms with van der Waals surface area (Å²) in [6.07, 6.45) is 0.476. The zero-order valence-electron chi connectivity index (χ0n) is 12.7. The minimum atomic E-state index is -3.24. The Hall–Kier alpha value is -0.660. The average molecular weight is 306 g/mol. The molecule has 0 N–H and O–H groups in total. The molecule has 0 radical (unpaired) electrons. The second kappa shape index (κ2) is 7.95. The lowest BCUT2D eigenvalue weighted by Crippen LogP contribution is -2.49. The number of carbonyl (C=O) groups is 1. The van der Waals surface area contributed by atoms with Crippen LogP contribution in [0.5, 0.6) is 0 Å². The van der Waals surface area contributed by atoms with Crippen LogP contribution in [0.1, 0.15) is 26.7 Å². The molecule has 0 atom stereocenters.